The molecule has 0 aliphatic carbocycles. The van der Waals surface area contributed by atoms with Crippen LogP contribution in [0.2, 0.25) is 0 Å². The number of hydrogen-bond donors (Lipinski definition) is 2. The second kappa shape index (κ2) is 5.24. The third-order valence-electron chi connectivity index (χ3n) is 3.24. The number of halogens is 1. The third-order valence-corrected chi connectivity index (χ3v) is 3.71. The van der Waals surface area contributed by atoms with Crippen LogP contribution in [0.4, 0.5) is 5.95 Å². The number of nitrogens with one attached hydrogen (secondary N) is 2. The van der Waals surface area contributed by atoms with Crippen molar-refractivity contribution in [2.24, 2.45) is 5.92 Å². The molecule has 2 aromatic rings. The molecular weight excluding hydrogens is 294 g/mol. The van der Waals surface area contributed by atoms with Crippen LogP contribution in [-0.4, -0.2) is 34.2 Å². The molecule has 0 spiro atoms. The summed E-state index contributed by atoms with van der Waals surface area (Å²) in [6.07, 6.45) is 4.45. The number of rotatable bonds is 3. The maximum absolute atomic E-state index is 4.44. The minimum atomic E-state index is 0.678. The molecule has 2 N–H and O–H groups in total. The highest BCUT2D eigenvalue weighted by atomic mass is 79.9. The van der Waals surface area contributed by atoms with Gasteiger partial charge < -0.3 is 10.6 Å². The molecular formula is C12H16BrN5. The van der Waals surface area contributed by atoms with Crippen molar-refractivity contribution in [1.82, 2.24) is 19.9 Å². The molecule has 1 aliphatic rings. The van der Waals surface area contributed by atoms with E-state index in [1.807, 2.05) is 18.3 Å². The fourth-order valence-electron chi connectivity index (χ4n) is 2.27. The number of hydrogen-bond acceptors (Lipinski definition) is 4. The fourth-order valence-corrected chi connectivity index (χ4v) is 2.59. The van der Waals surface area contributed by atoms with Gasteiger partial charge in [-0.05, 0) is 59.9 Å². The molecule has 0 bridgehead atoms. The van der Waals surface area contributed by atoms with Crippen molar-refractivity contribution in [3.8, 4) is 0 Å². The molecule has 5 nitrogen and oxygen atoms in total. The molecule has 1 aliphatic heterocycles. The molecule has 2 aromatic heterocycles. The molecule has 6 heteroatoms. The van der Waals surface area contributed by atoms with Crippen LogP contribution in [0, 0.1) is 5.92 Å². The van der Waals surface area contributed by atoms with Gasteiger partial charge in [-0.2, -0.15) is 4.98 Å². The molecule has 1 saturated heterocycles. The van der Waals surface area contributed by atoms with E-state index in [0.29, 0.717) is 11.9 Å². The highest BCUT2D eigenvalue weighted by Gasteiger charge is 2.13. The summed E-state index contributed by atoms with van der Waals surface area (Å²) in [5, 5.41) is 11.1. The van der Waals surface area contributed by atoms with E-state index >= 15 is 0 Å². The highest BCUT2D eigenvalue weighted by Crippen LogP contribution is 2.14. The zero-order valence-electron chi connectivity index (χ0n) is 10.1. The minimum Gasteiger partial charge on any atom is -0.353 e. The van der Waals surface area contributed by atoms with Gasteiger partial charge in [0.25, 0.3) is 0 Å². The summed E-state index contributed by atoms with van der Waals surface area (Å²) in [4.78, 5) is 4.44. The first-order valence-corrected chi connectivity index (χ1v) is 7.07. The molecule has 0 saturated carbocycles. The molecule has 1 fully saturated rings. The monoisotopic (exact) mass is 309 g/mol. The minimum absolute atomic E-state index is 0.678. The number of fused-ring (bicyclic) bond motifs is 1. The van der Waals surface area contributed by atoms with Crippen LogP contribution in [0.3, 0.4) is 0 Å². The van der Waals surface area contributed by atoms with Crippen LogP contribution in [0.15, 0.2) is 22.8 Å². The average molecular weight is 310 g/mol. The predicted octanol–water partition coefficient (Wildman–Crippen LogP) is 1.90. The number of nitrogens with zero attached hydrogens (tertiary/aromatic N) is 3. The Labute approximate surface area is 114 Å². The number of pyridine rings is 1. The van der Waals surface area contributed by atoms with Crippen molar-refractivity contribution in [3.05, 3.63) is 22.8 Å². The number of piperidine rings is 1. The topological polar surface area (TPSA) is 54.2 Å². The van der Waals surface area contributed by atoms with Gasteiger partial charge in [-0.1, -0.05) is 0 Å². The molecule has 3 heterocycles. The van der Waals surface area contributed by atoms with Gasteiger partial charge in [0.05, 0.1) is 0 Å². The molecule has 3 rings (SSSR count). The average Bonchev–Trinajstić information content (AvgIpc) is 2.79. The first-order chi connectivity index (χ1) is 8.81. The maximum atomic E-state index is 4.44. The van der Waals surface area contributed by atoms with Crippen molar-refractivity contribution >= 4 is 27.5 Å². The Hall–Kier alpha value is -1.14. The molecule has 0 radical (unpaired) electrons. The Bertz CT molecular complexity index is 532. The van der Waals surface area contributed by atoms with Crippen molar-refractivity contribution in [2.75, 3.05) is 25.0 Å². The van der Waals surface area contributed by atoms with Crippen LogP contribution < -0.4 is 10.6 Å². The molecule has 0 amide bonds. The zero-order chi connectivity index (χ0) is 12.4. The van der Waals surface area contributed by atoms with Crippen LogP contribution in [0.25, 0.3) is 5.65 Å². The Kier molecular flexibility index (Phi) is 3.47. The van der Waals surface area contributed by atoms with Crippen LogP contribution >= 0.6 is 15.9 Å². The molecule has 18 heavy (non-hydrogen) atoms. The summed E-state index contributed by atoms with van der Waals surface area (Å²) in [6.45, 7) is 3.17. The Morgan fingerprint density at radius 1 is 1.50 bits per heavy atom. The number of aromatic nitrogens is 3. The van der Waals surface area contributed by atoms with Gasteiger partial charge in [0.2, 0.25) is 5.95 Å². The number of anilines is 1. The summed E-state index contributed by atoms with van der Waals surface area (Å²) in [5.41, 5.74) is 0.863. The second-order valence-electron chi connectivity index (χ2n) is 4.68. The van der Waals surface area contributed by atoms with Crippen molar-refractivity contribution in [1.29, 1.82) is 0 Å². The zero-order valence-corrected chi connectivity index (χ0v) is 11.7. The van der Waals surface area contributed by atoms with E-state index in [9.17, 15) is 0 Å². The quantitative estimate of drug-likeness (QED) is 0.909. The summed E-state index contributed by atoms with van der Waals surface area (Å²) < 4.78 is 2.79. The lowest BCUT2D eigenvalue weighted by Gasteiger charge is -2.22. The standard InChI is InChI=1S/C12H16BrN5/c13-10-3-4-11-16-12(17-18(11)8-10)15-7-9-2-1-5-14-6-9/h3-4,8-9,14H,1-2,5-7H2,(H,15,17). The van der Waals surface area contributed by atoms with Gasteiger partial charge in [-0.3, -0.25) is 0 Å². The predicted molar refractivity (Wildman–Crippen MR) is 74.8 cm³/mol. The Morgan fingerprint density at radius 3 is 3.28 bits per heavy atom. The van der Waals surface area contributed by atoms with Gasteiger partial charge >= 0.3 is 0 Å². The summed E-state index contributed by atoms with van der Waals surface area (Å²) in [6, 6.07) is 3.92. The summed E-state index contributed by atoms with van der Waals surface area (Å²) >= 11 is 3.43. The van der Waals surface area contributed by atoms with E-state index < -0.39 is 0 Å². The van der Waals surface area contributed by atoms with Crippen molar-refractivity contribution < 1.29 is 0 Å². The van der Waals surface area contributed by atoms with Gasteiger partial charge in [-0.15, -0.1) is 5.10 Å². The van der Waals surface area contributed by atoms with E-state index in [0.717, 1.165) is 29.8 Å². The van der Waals surface area contributed by atoms with Gasteiger partial charge in [0.1, 0.15) is 0 Å². The summed E-state index contributed by atoms with van der Waals surface area (Å²) in [7, 11) is 0. The first kappa shape index (κ1) is 11.9. The first-order valence-electron chi connectivity index (χ1n) is 6.28. The normalized spacial score (nSPS) is 20.2. The lowest BCUT2D eigenvalue weighted by molar-refractivity contribution is 0.392. The molecule has 96 valence electrons. The van der Waals surface area contributed by atoms with Crippen LogP contribution in [0.1, 0.15) is 12.8 Å². The smallest absolute Gasteiger partial charge is 0.243 e. The van der Waals surface area contributed by atoms with Crippen LogP contribution in [0.5, 0.6) is 0 Å². The Morgan fingerprint density at radius 2 is 2.44 bits per heavy atom. The van der Waals surface area contributed by atoms with Gasteiger partial charge in [-0.25, -0.2) is 4.52 Å². The van der Waals surface area contributed by atoms with E-state index in [1.165, 1.54) is 12.8 Å². The molecule has 1 unspecified atom stereocenters. The van der Waals surface area contributed by atoms with Crippen molar-refractivity contribution in [2.45, 2.75) is 12.8 Å². The molecule has 1 atom stereocenters. The lowest BCUT2D eigenvalue weighted by Crippen LogP contribution is -2.33. The van der Waals surface area contributed by atoms with Crippen molar-refractivity contribution in [3.63, 3.8) is 0 Å². The second-order valence-corrected chi connectivity index (χ2v) is 5.59. The highest BCUT2D eigenvalue weighted by molar-refractivity contribution is 9.10. The SMILES string of the molecule is Brc1ccc2nc(NCC3CCCNC3)nn2c1. The van der Waals surface area contributed by atoms with Gasteiger partial charge in [0, 0.05) is 17.2 Å². The fraction of sp³-hybridized carbons (Fsp3) is 0.500. The molecule has 0 aromatic carbocycles. The van der Waals surface area contributed by atoms with E-state index in [4.69, 9.17) is 0 Å². The van der Waals surface area contributed by atoms with E-state index in [2.05, 4.69) is 36.6 Å². The van der Waals surface area contributed by atoms with E-state index in [1.54, 1.807) is 4.52 Å². The van der Waals surface area contributed by atoms with Gasteiger partial charge in [0.15, 0.2) is 5.65 Å². The van der Waals surface area contributed by atoms with E-state index in [-0.39, 0.29) is 0 Å². The largest absolute Gasteiger partial charge is 0.353 e. The lowest BCUT2D eigenvalue weighted by atomic mass is 10.00. The van der Waals surface area contributed by atoms with Crippen LogP contribution in [-0.2, 0) is 0 Å². The third kappa shape index (κ3) is 2.64. The maximum Gasteiger partial charge on any atom is 0.243 e. The Balaban J connectivity index is 1.67. The summed E-state index contributed by atoms with van der Waals surface area (Å²) in [5.74, 6) is 1.38.